The largest absolute Gasteiger partial charge is 0.474 e. The third kappa shape index (κ3) is 2.73. The SMILES string of the molecule is CSc1ccc(N(C)C(=O)C(=O)O)cc1. The van der Waals surface area contributed by atoms with Crippen LogP contribution in [0.25, 0.3) is 0 Å². The number of benzene rings is 1. The summed E-state index contributed by atoms with van der Waals surface area (Å²) in [5, 5.41) is 8.52. The van der Waals surface area contributed by atoms with Crippen molar-refractivity contribution in [3.63, 3.8) is 0 Å². The van der Waals surface area contributed by atoms with Crippen molar-refractivity contribution >= 4 is 29.3 Å². The standard InChI is InChI=1S/C10H11NO3S/c1-11(9(12)10(13)14)7-3-5-8(15-2)6-4-7/h3-6H,1-2H3,(H,13,14). The van der Waals surface area contributed by atoms with Crippen molar-refractivity contribution in [3.8, 4) is 0 Å². The fraction of sp³-hybridized carbons (Fsp3) is 0.200. The number of carboxylic acids is 1. The highest BCUT2D eigenvalue weighted by Gasteiger charge is 2.18. The van der Waals surface area contributed by atoms with Crippen LogP contribution in [0.15, 0.2) is 29.2 Å². The Hall–Kier alpha value is -1.49. The highest BCUT2D eigenvalue weighted by Crippen LogP contribution is 2.19. The predicted molar refractivity (Wildman–Crippen MR) is 59.3 cm³/mol. The molecule has 5 heteroatoms. The van der Waals surface area contributed by atoms with E-state index in [1.54, 1.807) is 23.9 Å². The Morgan fingerprint density at radius 3 is 2.20 bits per heavy atom. The van der Waals surface area contributed by atoms with Crippen molar-refractivity contribution in [1.29, 1.82) is 0 Å². The molecule has 0 aliphatic rings. The molecule has 80 valence electrons. The summed E-state index contributed by atoms with van der Waals surface area (Å²) in [5.41, 5.74) is 0.570. The van der Waals surface area contributed by atoms with Gasteiger partial charge in [0.2, 0.25) is 0 Å². The maximum Gasteiger partial charge on any atom is 0.394 e. The molecule has 0 fully saturated rings. The normalized spacial score (nSPS) is 9.73. The van der Waals surface area contributed by atoms with Crippen LogP contribution in [0.4, 0.5) is 5.69 Å². The third-order valence-electron chi connectivity index (χ3n) is 1.95. The number of carbonyl (C=O) groups excluding carboxylic acids is 1. The zero-order valence-corrected chi connectivity index (χ0v) is 9.25. The van der Waals surface area contributed by atoms with E-state index >= 15 is 0 Å². The third-order valence-corrected chi connectivity index (χ3v) is 2.69. The molecule has 0 spiro atoms. The molecule has 0 saturated heterocycles. The average Bonchev–Trinajstić information content (AvgIpc) is 2.27. The van der Waals surface area contributed by atoms with E-state index in [1.165, 1.54) is 7.05 Å². The zero-order chi connectivity index (χ0) is 11.4. The maximum absolute atomic E-state index is 11.1. The molecule has 0 aliphatic carbocycles. The number of hydrogen-bond acceptors (Lipinski definition) is 3. The second kappa shape index (κ2) is 4.84. The van der Waals surface area contributed by atoms with Gasteiger partial charge in [-0.05, 0) is 30.5 Å². The van der Waals surface area contributed by atoms with Gasteiger partial charge in [-0.15, -0.1) is 11.8 Å². The molecule has 1 amide bonds. The van der Waals surface area contributed by atoms with Crippen molar-refractivity contribution in [2.75, 3.05) is 18.2 Å². The summed E-state index contributed by atoms with van der Waals surface area (Å²) in [7, 11) is 1.44. The number of thioether (sulfide) groups is 1. The van der Waals surface area contributed by atoms with Gasteiger partial charge in [-0.3, -0.25) is 4.79 Å². The first-order chi connectivity index (χ1) is 7.06. The van der Waals surface area contributed by atoms with E-state index in [9.17, 15) is 9.59 Å². The van der Waals surface area contributed by atoms with E-state index in [1.807, 2.05) is 18.4 Å². The molecular weight excluding hydrogens is 214 g/mol. The smallest absolute Gasteiger partial charge is 0.394 e. The molecule has 15 heavy (non-hydrogen) atoms. The van der Waals surface area contributed by atoms with E-state index in [2.05, 4.69) is 0 Å². The molecule has 4 nitrogen and oxygen atoms in total. The minimum absolute atomic E-state index is 0.570. The van der Waals surface area contributed by atoms with Crippen molar-refractivity contribution < 1.29 is 14.7 Å². The summed E-state index contributed by atoms with van der Waals surface area (Å²) < 4.78 is 0. The second-order valence-corrected chi connectivity index (χ2v) is 3.75. The second-order valence-electron chi connectivity index (χ2n) is 2.87. The molecule has 0 unspecified atom stereocenters. The van der Waals surface area contributed by atoms with Gasteiger partial charge in [0, 0.05) is 17.6 Å². The van der Waals surface area contributed by atoms with Crippen LogP contribution in [-0.4, -0.2) is 30.3 Å². The molecule has 0 bridgehead atoms. The summed E-state index contributed by atoms with van der Waals surface area (Å²) in [6.45, 7) is 0. The Kier molecular flexibility index (Phi) is 3.74. The van der Waals surface area contributed by atoms with Gasteiger partial charge in [0.15, 0.2) is 0 Å². The Morgan fingerprint density at radius 2 is 1.80 bits per heavy atom. The van der Waals surface area contributed by atoms with Crippen LogP contribution in [0.5, 0.6) is 0 Å². The number of amides is 1. The Balaban J connectivity index is 2.87. The summed E-state index contributed by atoms with van der Waals surface area (Å²) in [4.78, 5) is 23.7. The molecule has 0 heterocycles. The molecule has 0 saturated carbocycles. The average molecular weight is 225 g/mol. The van der Waals surface area contributed by atoms with Gasteiger partial charge in [-0.1, -0.05) is 0 Å². The molecule has 1 aromatic rings. The number of aliphatic carboxylic acids is 1. The first-order valence-corrected chi connectivity index (χ1v) is 5.43. The molecule has 0 aromatic heterocycles. The van der Waals surface area contributed by atoms with E-state index in [4.69, 9.17) is 5.11 Å². The van der Waals surface area contributed by atoms with Gasteiger partial charge in [0.05, 0.1) is 0 Å². The summed E-state index contributed by atoms with van der Waals surface area (Å²) >= 11 is 1.58. The number of rotatable bonds is 2. The van der Waals surface area contributed by atoms with E-state index in [-0.39, 0.29) is 0 Å². The van der Waals surface area contributed by atoms with Crippen LogP contribution in [0.1, 0.15) is 0 Å². The number of carboxylic acid groups (broad SMARTS) is 1. The van der Waals surface area contributed by atoms with Crippen molar-refractivity contribution in [3.05, 3.63) is 24.3 Å². The summed E-state index contributed by atoms with van der Waals surface area (Å²) in [6, 6.07) is 7.11. The van der Waals surface area contributed by atoms with Gasteiger partial charge in [-0.25, -0.2) is 4.79 Å². The van der Waals surface area contributed by atoms with Gasteiger partial charge in [0.25, 0.3) is 0 Å². The van der Waals surface area contributed by atoms with Crippen LogP contribution in [-0.2, 0) is 9.59 Å². The molecule has 1 aromatic carbocycles. The molecule has 1 rings (SSSR count). The Labute approximate surface area is 91.9 Å². The molecule has 0 aliphatic heterocycles. The fourth-order valence-corrected chi connectivity index (χ4v) is 1.47. The molecule has 0 radical (unpaired) electrons. The lowest BCUT2D eigenvalue weighted by Crippen LogP contribution is -2.32. The fourth-order valence-electron chi connectivity index (χ4n) is 1.07. The number of anilines is 1. The first-order valence-electron chi connectivity index (χ1n) is 4.21. The minimum atomic E-state index is -1.45. The number of nitrogens with zero attached hydrogens (tertiary/aromatic N) is 1. The van der Waals surface area contributed by atoms with Gasteiger partial charge in [-0.2, -0.15) is 0 Å². The summed E-state index contributed by atoms with van der Waals surface area (Å²) in [5.74, 6) is -2.39. The monoisotopic (exact) mass is 225 g/mol. The van der Waals surface area contributed by atoms with Crippen molar-refractivity contribution in [1.82, 2.24) is 0 Å². The Bertz CT molecular complexity index is 375. The number of likely N-dealkylation sites (N-methyl/N-ethyl adjacent to an activating group) is 1. The van der Waals surface area contributed by atoms with Crippen molar-refractivity contribution in [2.24, 2.45) is 0 Å². The first kappa shape index (κ1) is 11.6. The molecule has 1 N–H and O–H groups in total. The zero-order valence-electron chi connectivity index (χ0n) is 8.43. The predicted octanol–water partition coefficient (Wildman–Crippen LogP) is 1.46. The molecule has 0 atom stereocenters. The lowest BCUT2D eigenvalue weighted by molar-refractivity contribution is -0.148. The molecular formula is C10H11NO3S. The van der Waals surface area contributed by atoms with E-state index < -0.39 is 11.9 Å². The van der Waals surface area contributed by atoms with Crippen LogP contribution < -0.4 is 4.90 Å². The highest BCUT2D eigenvalue weighted by molar-refractivity contribution is 7.98. The lowest BCUT2D eigenvalue weighted by Gasteiger charge is -2.14. The van der Waals surface area contributed by atoms with Crippen molar-refractivity contribution in [2.45, 2.75) is 4.90 Å². The van der Waals surface area contributed by atoms with E-state index in [0.29, 0.717) is 5.69 Å². The Morgan fingerprint density at radius 1 is 1.27 bits per heavy atom. The van der Waals surface area contributed by atoms with Gasteiger partial charge < -0.3 is 10.0 Å². The minimum Gasteiger partial charge on any atom is -0.474 e. The van der Waals surface area contributed by atoms with Gasteiger partial charge >= 0.3 is 11.9 Å². The quantitative estimate of drug-likeness (QED) is 0.611. The van der Waals surface area contributed by atoms with Crippen LogP contribution >= 0.6 is 11.8 Å². The number of hydrogen-bond donors (Lipinski definition) is 1. The lowest BCUT2D eigenvalue weighted by atomic mass is 10.3. The van der Waals surface area contributed by atoms with E-state index in [0.717, 1.165) is 9.80 Å². The number of carbonyl (C=O) groups is 2. The van der Waals surface area contributed by atoms with Gasteiger partial charge in [0.1, 0.15) is 0 Å². The summed E-state index contributed by atoms with van der Waals surface area (Å²) in [6.07, 6.45) is 1.95. The van der Waals surface area contributed by atoms with Crippen LogP contribution in [0.2, 0.25) is 0 Å². The maximum atomic E-state index is 11.1. The van der Waals surface area contributed by atoms with Crippen LogP contribution in [0.3, 0.4) is 0 Å². The van der Waals surface area contributed by atoms with Crippen LogP contribution in [0, 0.1) is 0 Å². The highest BCUT2D eigenvalue weighted by atomic mass is 32.2. The topological polar surface area (TPSA) is 57.6 Å².